The van der Waals surface area contributed by atoms with Crippen molar-refractivity contribution in [2.24, 2.45) is 0 Å². The Morgan fingerprint density at radius 1 is 0.862 bits per heavy atom. The van der Waals surface area contributed by atoms with Gasteiger partial charge in [0.1, 0.15) is 11.4 Å². The Morgan fingerprint density at radius 2 is 1.62 bits per heavy atom. The number of thiophene rings is 1. The van der Waals surface area contributed by atoms with Crippen molar-refractivity contribution < 1.29 is 9.26 Å². The quantitative estimate of drug-likeness (QED) is 0.266. The van der Waals surface area contributed by atoms with E-state index in [9.17, 15) is 0 Å². The third-order valence-electron chi connectivity index (χ3n) is 5.11. The van der Waals surface area contributed by atoms with Crippen molar-refractivity contribution in [3.8, 4) is 27.6 Å². The minimum atomic E-state index is 0.788. The lowest BCUT2D eigenvalue weighted by atomic mass is 10.1. The second-order valence-corrected chi connectivity index (χ2v) is 8.75. The molecule has 2 aromatic heterocycles. The highest BCUT2D eigenvalue weighted by molar-refractivity contribution is 7.15. The predicted octanol–water partition coefficient (Wildman–Crippen LogP) is 8.15. The van der Waals surface area contributed by atoms with Gasteiger partial charge in [-0.1, -0.05) is 57.5 Å². The summed E-state index contributed by atoms with van der Waals surface area (Å²) in [6, 6.07) is 14.5. The van der Waals surface area contributed by atoms with Gasteiger partial charge in [-0.3, -0.25) is 0 Å². The predicted molar refractivity (Wildman–Crippen MR) is 123 cm³/mol. The molecule has 0 unspecified atom stereocenters. The molecule has 0 aliphatic heterocycles. The Kier molecular flexibility index (Phi) is 8.82. The Bertz CT molecular complexity index is 835. The van der Waals surface area contributed by atoms with Crippen LogP contribution in [0.25, 0.3) is 21.9 Å². The molecule has 0 radical (unpaired) electrons. The van der Waals surface area contributed by atoms with Gasteiger partial charge in [0.15, 0.2) is 5.76 Å². The normalized spacial score (nSPS) is 11.1. The number of ether oxygens (including phenoxy) is 1. The van der Waals surface area contributed by atoms with Crippen LogP contribution in [0.5, 0.6) is 5.75 Å². The van der Waals surface area contributed by atoms with Gasteiger partial charge in [-0.05, 0) is 55.7 Å². The van der Waals surface area contributed by atoms with Crippen molar-refractivity contribution in [1.29, 1.82) is 0 Å². The van der Waals surface area contributed by atoms with Crippen LogP contribution in [-0.4, -0.2) is 11.8 Å². The molecule has 4 heteroatoms. The minimum absolute atomic E-state index is 0.788. The molecule has 156 valence electrons. The molecule has 0 aliphatic rings. The molecule has 0 amide bonds. The first-order valence-electron chi connectivity index (χ1n) is 11.1. The van der Waals surface area contributed by atoms with Gasteiger partial charge < -0.3 is 9.26 Å². The molecule has 2 heterocycles. The molecule has 0 saturated carbocycles. The molecule has 0 N–H and O–H groups in total. The first-order valence-corrected chi connectivity index (χ1v) is 11.9. The topological polar surface area (TPSA) is 35.3 Å². The standard InChI is InChI=1S/C25H33NO2S/c1-3-5-7-8-9-10-18-27-21-14-12-20(13-15-21)24-19-23(26-28-24)25-17-16-22(29-25)11-6-4-2/h12-17,19H,3-11,18H2,1-2H3. The molecule has 0 spiro atoms. The molecular formula is C25H33NO2S. The fourth-order valence-corrected chi connectivity index (χ4v) is 4.32. The van der Waals surface area contributed by atoms with Gasteiger partial charge in [-0.25, -0.2) is 0 Å². The van der Waals surface area contributed by atoms with E-state index in [2.05, 4.69) is 31.1 Å². The number of unbranched alkanes of at least 4 members (excludes halogenated alkanes) is 6. The van der Waals surface area contributed by atoms with Crippen LogP contribution in [0.15, 0.2) is 47.0 Å². The van der Waals surface area contributed by atoms with Crippen molar-refractivity contribution >= 4 is 11.3 Å². The van der Waals surface area contributed by atoms with Crippen LogP contribution in [0, 0.1) is 0 Å². The zero-order valence-electron chi connectivity index (χ0n) is 17.8. The molecule has 0 atom stereocenters. The van der Waals surface area contributed by atoms with E-state index in [1.807, 2.05) is 41.7 Å². The Labute approximate surface area is 179 Å². The van der Waals surface area contributed by atoms with E-state index in [0.717, 1.165) is 42.2 Å². The van der Waals surface area contributed by atoms with Crippen LogP contribution >= 0.6 is 11.3 Å². The summed E-state index contributed by atoms with van der Waals surface area (Å²) in [5.74, 6) is 1.71. The Balaban J connectivity index is 1.49. The number of benzene rings is 1. The average molecular weight is 412 g/mol. The van der Waals surface area contributed by atoms with E-state index in [0.29, 0.717) is 0 Å². The molecule has 0 aliphatic carbocycles. The summed E-state index contributed by atoms with van der Waals surface area (Å²) in [5, 5.41) is 4.27. The lowest BCUT2D eigenvalue weighted by molar-refractivity contribution is 0.304. The lowest BCUT2D eigenvalue weighted by Gasteiger charge is -2.06. The second-order valence-electron chi connectivity index (χ2n) is 7.59. The molecule has 3 nitrogen and oxygen atoms in total. The molecule has 3 rings (SSSR count). The van der Waals surface area contributed by atoms with Crippen LogP contribution in [0.4, 0.5) is 0 Å². The van der Waals surface area contributed by atoms with Gasteiger partial charge >= 0.3 is 0 Å². The zero-order valence-corrected chi connectivity index (χ0v) is 18.6. The fourth-order valence-electron chi connectivity index (χ4n) is 3.32. The molecule has 1 aromatic carbocycles. The van der Waals surface area contributed by atoms with Crippen LogP contribution in [0.2, 0.25) is 0 Å². The number of aryl methyl sites for hydroxylation is 1. The minimum Gasteiger partial charge on any atom is -0.494 e. The van der Waals surface area contributed by atoms with Gasteiger partial charge in [0.2, 0.25) is 0 Å². The zero-order chi connectivity index (χ0) is 20.3. The van der Waals surface area contributed by atoms with Crippen molar-refractivity contribution in [2.45, 2.75) is 71.6 Å². The van der Waals surface area contributed by atoms with Gasteiger partial charge in [0, 0.05) is 16.5 Å². The highest BCUT2D eigenvalue weighted by Crippen LogP contribution is 2.32. The number of aromatic nitrogens is 1. The second kappa shape index (κ2) is 11.8. The molecule has 0 saturated heterocycles. The van der Waals surface area contributed by atoms with Crippen molar-refractivity contribution in [1.82, 2.24) is 5.16 Å². The van der Waals surface area contributed by atoms with Crippen molar-refractivity contribution in [3.63, 3.8) is 0 Å². The number of rotatable bonds is 13. The number of hydrogen-bond donors (Lipinski definition) is 0. The van der Waals surface area contributed by atoms with Gasteiger partial charge in [-0.2, -0.15) is 0 Å². The summed E-state index contributed by atoms with van der Waals surface area (Å²) in [6.07, 6.45) is 11.3. The highest BCUT2D eigenvalue weighted by Gasteiger charge is 2.11. The largest absolute Gasteiger partial charge is 0.494 e. The van der Waals surface area contributed by atoms with E-state index in [-0.39, 0.29) is 0 Å². The molecule has 0 fully saturated rings. The maximum atomic E-state index is 5.87. The first kappa shape index (κ1) is 21.6. The summed E-state index contributed by atoms with van der Waals surface area (Å²) in [6.45, 7) is 5.26. The summed E-state index contributed by atoms with van der Waals surface area (Å²) >= 11 is 1.81. The van der Waals surface area contributed by atoms with Crippen molar-refractivity contribution in [3.05, 3.63) is 47.3 Å². The van der Waals surface area contributed by atoms with Crippen molar-refractivity contribution in [2.75, 3.05) is 6.61 Å². The van der Waals surface area contributed by atoms with E-state index in [1.54, 1.807) is 0 Å². The Hall–Kier alpha value is -2.07. The van der Waals surface area contributed by atoms with Crippen LogP contribution in [0.1, 0.15) is 70.1 Å². The van der Waals surface area contributed by atoms with Gasteiger partial charge in [0.05, 0.1) is 11.5 Å². The smallest absolute Gasteiger partial charge is 0.167 e. The summed E-state index contributed by atoms with van der Waals surface area (Å²) in [7, 11) is 0. The highest BCUT2D eigenvalue weighted by atomic mass is 32.1. The molecule has 3 aromatic rings. The number of hydrogen-bond acceptors (Lipinski definition) is 4. The maximum Gasteiger partial charge on any atom is 0.167 e. The Morgan fingerprint density at radius 3 is 2.41 bits per heavy atom. The van der Waals surface area contributed by atoms with Crippen LogP contribution in [-0.2, 0) is 6.42 Å². The number of nitrogens with zero attached hydrogens (tertiary/aromatic N) is 1. The fraction of sp³-hybridized carbons (Fsp3) is 0.480. The van der Waals surface area contributed by atoms with E-state index < -0.39 is 0 Å². The van der Waals surface area contributed by atoms with E-state index >= 15 is 0 Å². The average Bonchev–Trinajstić information content (AvgIpc) is 3.42. The molecular weight excluding hydrogens is 378 g/mol. The SMILES string of the molecule is CCCCCCCCOc1ccc(-c2cc(-c3ccc(CCCC)s3)no2)cc1. The lowest BCUT2D eigenvalue weighted by Crippen LogP contribution is -1.97. The monoisotopic (exact) mass is 411 g/mol. The summed E-state index contributed by atoms with van der Waals surface area (Å²) in [5.41, 5.74) is 1.94. The summed E-state index contributed by atoms with van der Waals surface area (Å²) in [4.78, 5) is 2.59. The van der Waals surface area contributed by atoms with Crippen LogP contribution in [0.3, 0.4) is 0 Å². The van der Waals surface area contributed by atoms with E-state index in [4.69, 9.17) is 9.26 Å². The van der Waals surface area contributed by atoms with E-state index in [1.165, 1.54) is 54.7 Å². The third-order valence-corrected chi connectivity index (χ3v) is 6.27. The maximum absolute atomic E-state index is 5.87. The molecule has 29 heavy (non-hydrogen) atoms. The first-order chi connectivity index (χ1) is 14.3. The molecule has 0 bridgehead atoms. The third kappa shape index (κ3) is 6.74. The van der Waals surface area contributed by atoms with Crippen LogP contribution < -0.4 is 4.74 Å². The van der Waals surface area contributed by atoms with Gasteiger partial charge in [-0.15, -0.1) is 11.3 Å². The summed E-state index contributed by atoms with van der Waals surface area (Å²) < 4.78 is 11.5. The van der Waals surface area contributed by atoms with Gasteiger partial charge in [0.25, 0.3) is 0 Å².